The fourth-order valence-corrected chi connectivity index (χ4v) is 2.85. The molecule has 1 aromatic rings. The van der Waals surface area contributed by atoms with E-state index in [1.165, 1.54) is 16.7 Å². The number of aryl methyl sites for hydroxylation is 2. The van der Waals surface area contributed by atoms with Gasteiger partial charge in [-0.1, -0.05) is 6.07 Å². The van der Waals surface area contributed by atoms with Crippen molar-refractivity contribution >= 4 is 0 Å². The lowest BCUT2D eigenvalue weighted by molar-refractivity contribution is 0.181. The summed E-state index contributed by atoms with van der Waals surface area (Å²) in [6, 6.07) is 4.29. The Labute approximate surface area is 97.3 Å². The van der Waals surface area contributed by atoms with Crippen LogP contribution < -0.4 is 4.74 Å². The third-order valence-corrected chi connectivity index (χ3v) is 3.53. The maximum Gasteiger partial charge on any atom is 0.122 e. The van der Waals surface area contributed by atoms with Crippen molar-refractivity contribution in [3.05, 3.63) is 28.8 Å². The Morgan fingerprint density at radius 2 is 2.00 bits per heavy atom. The monoisotopic (exact) mass is 220 g/mol. The van der Waals surface area contributed by atoms with E-state index in [4.69, 9.17) is 4.74 Å². The molecular formula is C14H20O2. The molecule has 0 saturated heterocycles. The average Bonchev–Trinajstić information content (AvgIpc) is 2.63. The molecule has 16 heavy (non-hydrogen) atoms. The third-order valence-electron chi connectivity index (χ3n) is 3.53. The van der Waals surface area contributed by atoms with Crippen LogP contribution in [0.15, 0.2) is 12.1 Å². The fourth-order valence-electron chi connectivity index (χ4n) is 2.85. The molecule has 0 aromatic heterocycles. The van der Waals surface area contributed by atoms with Crippen LogP contribution >= 0.6 is 0 Å². The van der Waals surface area contributed by atoms with E-state index in [0.717, 1.165) is 25.0 Å². The highest BCUT2D eigenvalue weighted by atomic mass is 16.5. The van der Waals surface area contributed by atoms with Crippen LogP contribution in [-0.2, 0) is 0 Å². The molecule has 1 N–H and O–H groups in total. The zero-order chi connectivity index (χ0) is 11.7. The fraction of sp³-hybridized carbons (Fsp3) is 0.571. The lowest BCUT2D eigenvalue weighted by Crippen LogP contribution is -2.03. The van der Waals surface area contributed by atoms with Crippen molar-refractivity contribution in [3.63, 3.8) is 0 Å². The Hall–Kier alpha value is -1.02. The molecule has 0 amide bonds. The summed E-state index contributed by atoms with van der Waals surface area (Å²) in [7, 11) is 1.73. The van der Waals surface area contributed by atoms with Crippen molar-refractivity contribution in [2.24, 2.45) is 0 Å². The van der Waals surface area contributed by atoms with E-state index in [-0.39, 0.29) is 6.10 Å². The number of benzene rings is 1. The first kappa shape index (κ1) is 11.5. The normalized spacial score (nSPS) is 24.8. The van der Waals surface area contributed by atoms with Crippen molar-refractivity contribution < 1.29 is 9.84 Å². The minimum Gasteiger partial charge on any atom is -0.496 e. The van der Waals surface area contributed by atoms with Crippen LogP contribution in [0.3, 0.4) is 0 Å². The molecule has 1 fully saturated rings. The van der Waals surface area contributed by atoms with Gasteiger partial charge in [-0.05, 0) is 56.2 Å². The van der Waals surface area contributed by atoms with E-state index in [1.807, 2.05) is 0 Å². The number of rotatable bonds is 2. The van der Waals surface area contributed by atoms with Gasteiger partial charge >= 0.3 is 0 Å². The molecule has 0 radical (unpaired) electrons. The summed E-state index contributed by atoms with van der Waals surface area (Å²) < 4.78 is 5.47. The Morgan fingerprint density at radius 3 is 2.56 bits per heavy atom. The van der Waals surface area contributed by atoms with E-state index < -0.39 is 0 Å². The highest BCUT2D eigenvalue weighted by Gasteiger charge is 2.27. The maximum atomic E-state index is 9.63. The molecule has 2 rings (SSSR count). The molecule has 2 atom stereocenters. The summed E-state index contributed by atoms with van der Waals surface area (Å²) in [4.78, 5) is 0. The summed E-state index contributed by atoms with van der Waals surface area (Å²) in [5, 5.41) is 9.63. The number of hydrogen-bond acceptors (Lipinski definition) is 2. The molecule has 2 unspecified atom stereocenters. The van der Waals surface area contributed by atoms with E-state index in [0.29, 0.717) is 5.92 Å². The van der Waals surface area contributed by atoms with Crippen LogP contribution in [-0.4, -0.2) is 18.3 Å². The maximum absolute atomic E-state index is 9.63. The quantitative estimate of drug-likeness (QED) is 0.830. The summed E-state index contributed by atoms with van der Waals surface area (Å²) in [5.41, 5.74) is 3.82. The van der Waals surface area contributed by atoms with Gasteiger partial charge in [-0.3, -0.25) is 0 Å². The molecular weight excluding hydrogens is 200 g/mol. The second kappa shape index (κ2) is 4.46. The largest absolute Gasteiger partial charge is 0.496 e. The van der Waals surface area contributed by atoms with Gasteiger partial charge in [0.1, 0.15) is 5.75 Å². The topological polar surface area (TPSA) is 29.5 Å². The van der Waals surface area contributed by atoms with Crippen LogP contribution in [0.5, 0.6) is 5.75 Å². The predicted octanol–water partition coefficient (Wildman–Crippen LogP) is 2.94. The zero-order valence-corrected chi connectivity index (χ0v) is 10.3. The summed E-state index contributed by atoms with van der Waals surface area (Å²) >= 11 is 0. The van der Waals surface area contributed by atoms with Crippen LogP contribution in [0.2, 0.25) is 0 Å². The smallest absolute Gasteiger partial charge is 0.122 e. The van der Waals surface area contributed by atoms with Crippen molar-refractivity contribution in [1.29, 1.82) is 0 Å². The first-order chi connectivity index (χ1) is 7.61. The molecule has 0 aliphatic heterocycles. The second-order valence-corrected chi connectivity index (χ2v) is 4.86. The summed E-state index contributed by atoms with van der Waals surface area (Å²) in [6.45, 7) is 4.22. The Kier molecular flexibility index (Phi) is 3.20. The second-order valence-electron chi connectivity index (χ2n) is 4.86. The highest BCUT2D eigenvalue weighted by molar-refractivity contribution is 5.45. The third kappa shape index (κ3) is 2.07. The molecule has 1 aromatic carbocycles. The van der Waals surface area contributed by atoms with Gasteiger partial charge < -0.3 is 9.84 Å². The predicted molar refractivity (Wildman–Crippen MR) is 65.1 cm³/mol. The molecule has 2 heteroatoms. The van der Waals surface area contributed by atoms with Gasteiger partial charge in [-0.2, -0.15) is 0 Å². The van der Waals surface area contributed by atoms with E-state index in [2.05, 4.69) is 26.0 Å². The molecule has 88 valence electrons. The minimum atomic E-state index is -0.129. The SMILES string of the molecule is COc1cc(C)cc(C)c1C1CCC(O)C1. The van der Waals surface area contributed by atoms with Gasteiger partial charge in [0.15, 0.2) is 0 Å². The molecule has 1 aliphatic carbocycles. The molecule has 0 bridgehead atoms. The number of ether oxygens (including phenoxy) is 1. The molecule has 1 aliphatic rings. The minimum absolute atomic E-state index is 0.129. The Bertz CT molecular complexity index is 385. The Morgan fingerprint density at radius 1 is 1.25 bits per heavy atom. The number of methoxy groups -OCH3 is 1. The van der Waals surface area contributed by atoms with Gasteiger partial charge in [0, 0.05) is 5.56 Å². The molecule has 2 nitrogen and oxygen atoms in total. The van der Waals surface area contributed by atoms with E-state index >= 15 is 0 Å². The molecule has 0 spiro atoms. The first-order valence-electron chi connectivity index (χ1n) is 5.95. The van der Waals surface area contributed by atoms with Gasteiger partial charge in [0.05, 0.1) is 13.2 Å². The molecule has 1 saturated carbocycles. The Balaban J connectivity index is 2.39. The standard InChI is InChI=1S/C14H20O2/c1-9-6-10(2)14(13(7-9)16-3)11-4-5-12(15)8-11/h6-7,11-12,15H,4-5,8H2,1-3H3. The number of aliphatic hydroxyl groups excluding tert-OH is 1. The number of aliphatic hydroxyl groups is 1. The number of hydrogen-bond donors (Lipinski definition) is 1. The highest BCUT2D eigenvalue weighted by Crippen LogP contribution is 2.41. The first-order valence-corrected chi connectivity index (χ1v) is 5.95. The van der Waals surface area contributed by atoms with E-state index in [9.17, 15) is 5.11 Å². The van der Waals surface area contributed by atoms with Gasteiger partial charge in [-0.15, -0.1) is 0 Å². The van der Waals surface area contributed by atoms with Gasteiger partial charge in [-0.25, -0.2) is 0 Å². The summed E-state index contributed by atoms with van der Waals surface area (Å²) in [6.07, 6.45) is 2.73. The van der Waals surface area contributed by atoms with Crippen molar-refractivity contribution in [2.75, 3.05) is 7.11 Å². The van der Waals surface area contributed by atoms with Crippen molar-refractivity contribution in [2.45, 2.75) is 45.1 Å². The van der Waals surface area contributed by atoms with E-state index in [1.54, 1.807) is 7.11 Å². The average molecular weight is 220 g/mol. The van der Waals surface area contributed by atoms with Crippen molar-refractivity contribution in [3.8, 4) is 5.75 Å². The van der Waals surface area contributed by atoms with Crippen molar-refractivity contribution in [1.82, 2.24) is 0 Å². The van der Waals surface area contributed by atoms with Crippen LogP contribution in [0.1, 0.15) is 41.9 Å². The molecule has 0 heterocycles. The lowest BCUT2D eigenvalue weighted by atomic mass is 9.91. The van der Waals surface area contributed by atoms with Crippen LogP contribution in [0.4, 0.5) is 0 Å². The van der Waals surface area contributed by atoms with Gasteiger partial charge in [0.25, 0.3) is 0 Å². The van der Waals surface area contributed by atoms with Crippen LogP contribution in [0.25, 0.3) is 0 Å². The summed E-state index contributed by atoms with van der Waals surface area (Å²) in [5.74, 6) is 1.45. The zero-order valence-electron chi connectivity index (χ0n) is 10.3. The lowest BCUT2D eigenvalue weighted by Gasteiger charge is -2.18. The van der Waals surface area contributed by atoms with Gasteiger partial charge in [0.2, 0.25) is 0 Å². The van der Waals surface area contributed by atoms with Crippen LogP contribution in [0, 0.1) is 13.8 Å².